The number of rotatable bonds is 10. The summed E-state index contributed by atoms with van der Waals surface area (Å²) in [5, 5.41) is 3.81. The number of benzene rings is 2. The standard InChI is InChI=1S/C22H26N2O4S/c1-4-27-18-11-10-16(12-19(18)28-5-2)15(3)23-21(25)13-26-14-22-24-17-8-6-7-9-20(17)29-22/h6-12,15H,4-5,13-14H2,1-3H3,(H,23,25)/t15-/m0/s1. The average molecular weight is 415 g/mol. The first-order chi connectivity index (χ1) is 14.1. The third kappa shape index (κ3) is 5.68. The van der Waals surface area contributed by atoms with E-state index in [9.17, 15) is 4.79 Å². The van der Waals surface area contributed by atoms with Gasteiger partial charge in [0.05, 0.1) is 36.1 Å². The van der Waals surface area contributed by atoms with Crippen molar-refractivity contribution in [2.45, 2.75) is 33.4 Å². The van der Waals surface area contributed by atoms with E-state index in [1.54, 1.807) is 11.3 Å². The maximum absolute atomic E-state index is 12.3. The first-order valence-electron chi connectivity index (χ1n) is 9.71. The average Bonchev–Trinajstić information content (AvgIpc) is 3.12. The zero-order valence-corrected chi connectivity index (χ0v) is 17.8. The van der Waals surface area contributed by atoms with E-state index >= 15 is 0 Å². The molecular formula is C22H26N2O4S. The number of thiazole rings is 1. The highest BCUT2D eigenvalue weighted by Crippen LogP contribution is 2.30. The smallest absolute Gasteiger partial charge is 0.246 e. The second-order valence-electron chi connectivity index (χ2n) is 6.43. The SMILES string of the molecule is CCOc1ccc([C@H](C)NC(=O)COCc2nc3ccccc3s2)cc1OCC. The van der Waals surface area contributed by atoms with Gasteiger partial charge in [-0.05, 0) is 50.6 Å². The molecule has 1 aromatic heterocycles. The first-order valence-corrected chi connectivity index (χ1v) is 10.5. The Labute approximate surface area is 174 Å². The van der Waals surface area contributed by atoms with Crippen LogP contribution in [0.3, 0.4) is 0 Å². The van der Waals surface area contributed by atoms with E-state index < -0.39 is 0 Å². The molecule has 0 bridgehead atoms. The van der Waals surface area contributed by atoms with E-state index in [0.29, 0.717) is 31.3 Å². The molecule has 2 aromatic carbocycles. The second-order valence-corrected chi connectivity index (χ2v) is 7.54. The summed E-state index contributed by atoms with van der Waals surface area (Å²) < 4.78 is 17.9. The first kappa shape index (κ1) is 21.1. The third-order valence-corrected chi connectivity index (χ3v) is 5.25. The number of carbonyl (C=O) groups excluding carboxylic acids is 1. The Bertz CT molecular complexity index is 924. The van der Waals surface area contributed by atoms with Crippen LogP contribution in [0.4, 0.5) is 0 Å². The predicted molar refractivity (Wildman–Crippen MR) is 115 cm³/mol. The topological polar surface area (TPSA) is 69.7 Å². The lowest BCUT2D eigenvalue weighted by Crippen LogP contribution is -2.30. The fraction of sp³-hybridized carbons (Fsp3) is 0.364. The van der Waals surface area contributed by atoms with Crippen LogP contribution in [0, 0.1) is 0 Å². The minimum Gasteiger partial charge on any atom is -0.490 e. The molecule has 3 rings (SSSR count). The van der Waals surface area contributed by atoms with Crippen molar-refractivity contribution >= 4 is 27.5 Å². The van der Waals surface area contributed by atoms with Crippen LogP contribution in [0.2, 0.25) is 0 Å². The van der Waals surface area contributed by atoms with Crippen molar-refractivity contribution in [3.8, 4) is 11.5 Å². The number of nitrogens with one attached hydrogen (secondary N) is 1. The van der Waals surface area contributed by atoms with E-state index in [1.165, 1.54) is 0 Å². The Morgan fingerprint density at radius 2 is 1.86 bits per heavy atom. The molecule has 0 radical (unpaired) electrons. The Morgan fingerprint density at radius 3 is 2.62 bits per heavy atom. The molecule has 1 amide bonds. The van der Waals surface area contributed by atoms with Crippen LogP contribution in [0.5, 0.6) is 11.5 Å². The van der Waals surface area contributed by atoms with Crippen LogP contribution in [0.1, 0.15) is 37.4 Å². The van der Waals surface area contributed by atoms with Gasteiger partial charge in [-0.1, -0.05) is 18.2 Å². The van der Waals surface area contributed by atoms with Crippen molar-refractivity contribution in [1.82, 2.24) is 10.3 Å². The number of aromatic nitrogens is 1. The van der Waals surface area contributed by atoms with Crippen molar-refractivity contribution in [2.24, 2.45) is 0 Å². The van der Waals surface area contributed by atoms with Gasteiger partial charge in [0.15, 0.2) is 11.5 Å². The van der Waals surface area contributed by atoms with E-state index in [1.807, 2.05) is 63.2 Å². The highest BCUT2D eigenvalue weighted by atomic mass is 32.1. The number of amides is 1. The molecule has 6 nitrogen and oxygen atoms in total. The summed E-state index contributed by atoms with van der Waals surface area (Å²) in [6, 6.07) is 13.5. The molecule has 0 saturated heterocycles. The predicted octanol–water partition coefficient (Wildman–Crippen LogP) is 4.49. The van der Waals surface area contributed by atoms with Gasteiger partial charge < -0.3 is 19.5 Å². The molecule has 154 valence electrons. The number of hydrogen-bond acceptors (Lipinski definition) is 6. The third-order valence-electron chi connectivity index (χ3n) is 4.24. The van der Waals surface area contributed by atoms with Crippen molar-refractivity contribution in [3.63, 3.8) is 0 Å². The normalized spacial score (nSPS) is 12.0. The molecule has 7 heteroatoms. The molecular weight excluding hydrogens is 388 g/mol. The lowest BCUT2D eigenvalue weighted by molar-refractivity contribution is -0.126. The molecule has 29 heavy (non-hydrogen) atoms. The van der Waals surface area contributed by atoms with Gasteiger partial charge in [-0.3, -0.25) is 4.79 Å². The zero-order chi connectivity index (χ0) is 20.6. The molecule has 0 aliphatic heterocycles. The summed E-state index contributed by atoms with van der Waals surface area (Å²) in [5.41, 5.74) is 1.89. The molecule has 0 unspecified atom stereocenters. The van der Waals surface area contributed by atoms with Crippen molar-refractivity contribution in [2.75, 3.05) is 19.8 Å². The summed E-state index contributed by atoms with van der Waals surface area (Å²) in [6.07, 6.45) is 0. The van der Waals surface area contributed by atoms with Gasteiger partial charge in [0.1, 0.15) is 11.6 Å². The van der Waals surface area contributed by atoms with E-state index in [4.69, 9.17) is 14.2 Å². The molecule has 1 atom stereocenters. The van der Waals surface area contributed by atoms with Gasteiger partial charge in [0.2, 0.25) is 5.91 Å². The quantitative estimate of drug-likeness (QED) is 0.529. The molecule has 0 spiro atoms. The van der Waals surface area contributed by atoms with Crippen LogP contribution >= 0.6 is 11.3 Å². The molecule has 0 aliphatic carbocycles. The second kappa shape index (κ2) is 10.2. The molecule has 0 fully saturated rings. The Balaban J connectivity index is 1.52. The minimum atomic E-state index is -0.177. The zero-order valence-electron chi connectivity index (χ0n) is 16.9. The fourth-order valence-corrected chi connectivity index (χ4v) is 3.82. The lowest BCUT2D eigenvalue weighted by atomic mass is 10.1. The van der Waals surface area contributed by atoms with Crippen LogP contribution < -0.4 is 14.8 Å². The summed E-state index contributed by atoms with van der Waals surface area (Å²) in [5.74, 6) is 1.21. The van der Waals surface area contributed by atoms with Gasteiger partial charge >= 0.3 is 0 Å². The number of nitrogens with zero attached hydrogens (tertiary/aromatic N) is 1. The minimum absolute atomic E-state index is 0.0182. The van der Waals surface area contributed by atoms with Crippen molar-refractivity contribution in [3.05, 3.63) is 53.0 Å². The highest BCUT2D eigenvalue weighted by Gasteiger charge is 2.14. The van der Waals surface area contributed by atoms with Gasteiger partial charge in [0.25, 0.3) is 0 Å². The van der Waals surface area contributed by atoms with Crippen molar-refractivity contribution in [1.29, 1.82) is 0 Å². The molecule has 0 saturated carbocycles. The summed E-state index contributed by atoms with van der Waals surface area (Å²) >= 11 is 1.58. The van der Waals surface area contributed by atoms with E-state index in [2.05, 4.69) is 10.3 Å². The number of carbonyl (C=O) groups is 1. The lowest BCUT2D eigenvalue weighted by Gasteiger charge is -2.17. The maximum Gasteiger partial charge on any atom is 0.246 e. The molecule has 1 N–H and O–H groups in total. The number of hydrogen-bond donors (Lipinski definition) is 1. The summed E-state index contributed by atoms with van der Waals surface area (Å²) in [4.78, 5) is 16.8. The Morgan fingerprint density at radius 1 is 1.10 bits per heavy atom. The van der Waals surface area contributed by atoms with Crippen LogP contribution in [0.25, 0.3) is 10.2 Å². The number of para-hydroxylation sites is 1. The monoisotopic (exact) mass is 414 g/mol. The number of fused-ring (bicyclic) bond motifs is 1. The Hall–Kier alpha value is -2.64. The van der Waals surface area contributed by atoms with E-state index in [0.717, 1.165) is 20.8 Å². The molecule has 1 heterocycles. The largest absolute Gasteiger partial charge is 0.490 e. The number of ether oxygens (including phenoxy) is 3. The summed E-state index contributed by atoms with van der Waals surface area (Å²) in [6.45, 7) is 7.20. The van der Waals surface area contributed by atoms with Gasteiger partial charge in [-0.25, -0.2) is 4.98 Å². The van der Waals surface area contributed by atoms with Gasteiger partial charge in [0, 0.05) is 0 Å². The van der Waals surface area contributed by atoms with Gasteiger partial charge in [-0.2, -0.15) is 0 Å². The van der Waals surface area contributed by atoms with Gasteiger partial charge in [-0.15, -0.1) is 11.3 Å². The van der Waals surface area contributed by atoms with E-state index in [-0.39, 0.29) is 18.6 Å². The fourth-order valence-electron chi connectivity index (χ4n) is 2.92. The maximum atomic E-state index is 12.3. The molecule has 0 aliphatic rings. The van der Waals surface area contributed by atoms with Crippen molar-refractivity contribution < 1.29 is 19.0 Å². The summed E-state index contributed by atoms with van der Waals surface area (Å²) in [7, 11) is 0. The highest BCUT2D eigenvalue weighted by molar-refractivity contribution is 7.18. The van der Waals surface area contributed by atoms with Crippen LogP contribution in [0.15, 0.2) is 42.5 Å². The van der Waals surface area contributed by atoms with Crippen LogP contribution in [-0.4, -0.2) is 30.7 Å². The van der Waals surface area contributed by atoms with Crippen LogP contribution in [-0.2, 0) is 16.1 Å². The molecule has 3 aromatic rings. The Kier molecular flexibility index (Phi) is 7.43.